The maximum atomic E-state index is 12.0. The summed E-state index contributed by atoms with van der Waals surface area (Å²) >= 11 is 0. The number of nitrogens with one attached hydrogen (secondary N) is 1. The number of hydrogen-bond acceptors (Lipinski definition) is 5. The van der Waals surface area contributed by atoms with Crippen LogP contribution in [0.1, 0.15) is 5.69 Å². The monoisotopic (exact) mass is 285 g/mol. The van der Waals surface area contributed by atoms with Crippen molar-refractivity contribution < 1.29 is 14.3 Å². The molecule has 1 atom stereocenters. The average Bonchev–Trinajstić information content (AvgIpc) is 2.55. The molecule has 1 N–H and O–H groups in total. The summed E-state index contributed by atoms with van der Waals surface area (Å²) in [4.78, 5) is 20.2. The van der Waals surface area contributed by atoms with Crippen LogP contribution in [0.3, 0.4) is 0 Å². The van der Waals surface area contributed by atoms with Gasteiger partial charge < -0.3 is 14.8 Å². The zero-order valence-corrected chi connectivity index (χ0v) is 11.4. The highest BCUT2D eigenvalue weighted by atomic mass is 16.6. The number of rotatable bonds is 4. The molecule has 21 heavy (non-hydrogen) atoms. The largest absolute Gasteiger partial charge is 0.485 e. The molecule has 0 saturated heterocycles. The van der Waals surface area contributed by atoms with Crippen LogP contribution in [0.2, 0.25) is 0 Å². The molecular weight excluding hydrogens is 270 g/mol. The van der Waals surface area contributed by atoms with Gasteiger partial charge in [0.05, 0.1) is 5.69 Å². The highest BCUT2D eigenvalue weighted by Crippen LogP contribution is 2.30. The number of aromatic nitrogens is 2. The zero-order valence-electron chi connectivity index (χ0n) is 11.4. The van der Waals surface area contributed by atoms with Gasteiger partial charge in [0, 0.05) is 31.6 Å². The molecular formula is C15H15N3O3. The molecule has 3 rings (SSSR count). The van der Waals surface area contributed by atoms with Crippen LogP contribution in [0.4, 0.5) is 0 Å². The molecule has 0 spiro atoms. The van der Waals surface area contributed by atoms with E-state index in [2.05, 4.69) is 15.3 Å². The number of carbonyl (C=O) groups excluding carboxylic acids is 1. The molecule has 1 aliphatic rings. The van der Waals surface area contributed by atoms with E-state index in [1.165, 1.54) is 0 Å². The summed E-state index contributed by atoms with van der Waals surface area (Å²) in [5.41, 5.74) is 0.837. The molecule has 108 valence electrons. The first-order chi connectivity index (χ1) is 10.3. The average molecular weight is 285 g/mol. The number of benzene rings is 1. The first-order valence-electron chi connectivity index (χ1n) is 6.74. The Morgan fingerprint density at radius 3 is 2.95 bits per heavy atom. The normalized spacial score (nSPS) is 16.3. The Morgan fingerprint density at radius 1 is 1.29 bits per heavy atom. The van der Waals surface area contributed by atoms with Crippen molar-refractivity contribution in [2.24, 2.45) is 0 Å². The lowest BCUT2D eigenvalue weighted by Crippen LogP contribution is -2.44. The topological polar surface area (TPSA) is 73.3 Å². The fourth-order valence-corrected chi connectivity index (χ4v) is 2.04. The smallest absolute Gasteiger partial charge is 0.264 e. The molecule has 0 radical (unpaired) electrons. The van der Waals surface area contributed by atoms with Gasteiger partial charge in [-0.15, -0.1) is 0 Å². The molecule has 6 heteroatoms. The number of para-hydroxylation sites is 2. The summed E-state index contributed by atoms with van der Waals surface area (Å²) in [6, 6.07) is 7.31. The molecule has 6 nitrogen and oxygen atoms in total. The van der Waals surface area contributed by atoms with Crippen molar-refractivity contribution in [3.8, 4) is 11.5 Å². The van der Waals surface area contributed by atoms with E-state index in [1.807, 2.05) is 18.2 Å². The number of ether oxygens (including phenoxy) is 2. The molecule has 0 fully saturated rings. The van der Waals surface area contributed by atoms with Gasteiger partial charge in [0.25, 0.3) is 5.91 Å². The van der Waals surface area contributed by atoms with Crippen molar-refractivity contribution in [3.05, 3.63) is 48.5 Å². The fraction of sp³-hybridized carbons (Fsp3) is 0.267. The van der Waals surface area contributed by atoms with Crippen molar-refractivity contribution in [2.75, 3.05) is 13.2 Å². The Morgan fingerprint density at radius 2 is 2.14 bits per heavy atom. The molecule has 0 unspecified atom stereocenters. The molecule has 1 aromatic carbocycles. The third-order valence-electron chi connectivity index (χ3n) is 3.10. The standard InChI is InChI=1S/C15H15N3O3/c19-15(18-6-5-11-9-16-7-8-17-11)14-10-20-12-3-1-2-4-13(12)21-14/h1-4,7-9,14H,5-6,10H2,(H,18,19)/t14-/m0/s1. The lowest BCUT2D eigenvalue weighted by molar-refractivity contribution is -0.130. The third kappa shape index (κ3) is 3.28. The lowest BCUT2D eigenvalue weighted by atomic mass is 10.2. The first-order valence-corrected chi connectivity index (χ1v) is 6.74. The Bertz CT molecular complexity index is 619. The van der Waals surface area contributed by atoms with Crippen molar-refractivity contribution >= 4 is 5.91 Å². The van der Waals surface area contributed by atoms with E-state index in [0.717, 1.165) is 5.69 Å². The van der Waals surface area contributed by atoms with Gasteiger partial charge in [0.15, 0.2) is 11.5 Å². The predicted octanol–water partition coefficient (Wildman–Crippen LogP) is 0.975. The summed E-state index contributed by atoms with van der Waals surface area (Å²) in [5, 5.41) is 2.82. The zero-order chi connectivity index (χ0) is 14.5. The molecule has 0 bridgehead atoms. The van der Waals surface area contributed by atoms with E-state index in [1.54, 1.807) is 24.7 Å². The highest BCUT2D eigenvalue weighted by molar-refractivity contribution is 5.81. The molecule has 1 aromatic heterocycles. The highest BCUT2D eigenvalue weighted by Gasteiger charge is 2.26. The Hall–Kier alpha value is -2.63. The molecule has 1 amide bonds. The molecule has 0 saturated carbocycles. The maximum absolute atomic E-state index is 12.0. The first kappa shape index (κ1) is 13.4. The van der Waals surface area contributed by atoms with Crippen LogP contribution >= 0.6 is 0 Å². The second-order valence-corrected chi connectivity index (χ2v) is 4.60. The number of fused-ring (bicyclic) bond motifs is 1. The van der Waals surface area contributed by atoms with Gasteiger partial charge in [-0.3, -0.25) is 14.8 Å². The molecule has 2 heterocycles. The SMILES string of the molecule is O=C(NCCc1cnccn1)[C@@H]1COc2ccccc2O1. The quantitative estimate of drug-likeness (QED) is 0.906. The van der Waals surface area contributed by atoms with Gasteiger partial charge in [0.1, 0.15) is 6.61 Å². The van der Waals surface area contributed by atoms with E-state index in [-0.39, 0.29) is 12.5 Å². The van der Waals surface area contributed by atoms with Crippen LogP contribution in [0.25, 0.3) is 0 Å². The number of nitrogens with zero attached hydrogens (tertiary/aromatic N) is 2. The second kappa shape index (κ2) is 6.21. The van der Waals surface area contributed by atoms with Gasteiger partial charge in [-0.2, -0.15) is 0 Å². The third-order valence-corrected chi connectivity index (χ3v) is 3.10. The van der Waals surface area contributed by atoms with E-state index in [0.29, 0.717) is 24.5 Å². The minimum atomic E-state index is -0.623. The van der Waals surface area contributed by atoms with Gasteiger partial charge in [-0.1, -0.05) is 12.1 Å². The Labute approximate surface area is 122 Å². The second-order valence-electron chi connectivity index (χ2n) is 4.60. The van der Waals surface area contributed by atoms with Gasteiger partial charge in [0.2, 0.25) is 6.10 Å². The predicted molar refractivity (Wildman–Crippen MR) is 75.1 cm³/mol. The van der Waals surface area contributed by atoms with E-state index in [4.69, 9.17) is 9.47 Å². The Balaban J connectivity index is 1.50. The van der Waals surface area contributed by atoms with Crippen molar-refractivity contribution in [1.82, 2.24) is 15.3 Å². The number of hydrogen-bond donors (Lipinski definition) is 1. The van der Waals surface area contributed by atoms with Crippen LogP contribution in [0.5, 0.6) is 11.5 Å². The fourth-order valence-electron chi connectivity index (χ4n) is 2.04. The van der Waals surface area contributed by atoms with Crippen molar-refractivity contribution in [3.63, 3.8) is 0 Å². The van der Waals surface area contributed by atoms with Crippen LogP contribution in [-0.4, -0.2) is 35.1 Å². The molecule has 2 aromatic rings. The van der Waals surface area contributed by atoms with Gasteiger partial charge >= 0.3 is 0 Å². The summed E-state index contributed by atoms with van der Waals surface area (Å²) < 4.78 is 11.1. The minimum Gasteiger partial charge on any atom is -0.485 e. The van der Waals surface area contributed by atoms with Crippen LogP contribution in [0, 0.1) is 0 Å². The molecule has 1 aliphatic heterocycles. The van der Waals surface area contributed by atoms with Gasteiger partial charge in [-0.05, 0) is 12.1 Å². The lowest BCUT2D eigenvalue weighted by Gasteiger charge is -2.25. The summed E-state index contributed by atoms with van der Waals surface area (Å²) in [7, 11) is 0. The van der Waals surface area contributed by atoms with Gasteiger partial charge in [-0.25, -0.2) is 0 Å². The number of amides is 1. The van der Waals surface area contributed by atoms with E-state index >= 15 is 0 Å². The Kier molecular flexibility index (Phi) is 3.95. The summed E-state index contributed by atoms with van der Waals surface area (Å²) in [6.07, 6.45) is 4.94. The van der Waals surface area contributed by atoms with Crippen LogP contribution in [-0.2, 0) is 11.2 Å². The van der Waals surface area contributed by atoms with E-state index in [9.17, 15) is 4.79 Å². The summed E-state index contributed by atoms with van der Waals surface area (Å²) in [5.74, 6) is 1.08. The van der Waals surface area contributed by atoms with Crippen LogP contribution < -0.4 is 14.8 Å². The minimum absolute atomic E-state index is 0.187. The van der Waals surface area contributed by atoms with Crippen LogP contribution in [0.15, 0.2) is 42.9 Å². The molecule has 0 aliphatic carbocycles. The van der Waals surface area contributed by atoms with Crippen molar-refractivity contribution in [2.45, 2.75) is 12.5 Å². The van der Waals surface area contributed by atoms with E-state index < -0.39 is 6.10 Å². The maximum Gasteiger partial charge on any atom is 0.264 e. The van der Waals surface area contributed by atoms with Crippen molar-refractivity contribution in [1.29, 1.82) is 0 Å². The number of carbonyl (C=O) groups is 1. The summed E-state index contributed by atoms with van der Waals surface area (Å²) in [6.45, 7) is 0.701.